The number of unbranched alkanes of at least 4 members (excludes halogenated alkanes) is 1. The number of likely N-dealkylation sites (N-methyl/N-ethyl adjacent to an activating group) is 1. The number of aryl methyl sites for hydroxylation is 1. The molecule has 0 saturated carbocycles. The van der Waals surface area contributed by atoms with Gasteiger partial charge in [0.2, 0.25) is 0 Å². The Morgan fingerprint density at radius 2 is 1.77 bits per heavy atom. The van der Waals surface area contributed by atoms with Crippen molar-refractivity contribution >= 4 is 17.8 Å². The molecule has 2 N–H and O–H groups in total. The van der Waals surface area contributed by atoms with Gasteiger partial charge in [-0.1, -0.05) is 32.9 Å². The van der Waals surface area contributed by atoms with Gasteiger partial charge in [0.25, 0.3) is 5.67 Å². The number of ketones is 1. The highest BCUT2D eigenvalue weighted by Gasteiger charge is 2.60. The first-order chi connectivity index (χ1) is 28.3. The molecule has 2 aromatic rings. The van der Waals surface area contributed by atoms with Crippen LogP contribution in [-0.2, 0) is 39.8 Å². The van der Waals surface area contributed by atoms with E-state index in [9.17, 15) is 19.5 Å². The molecule has 18 heteroatoms. The van der Waals surface area contributed by atoms with Crippen LogP contribution < -0.4 is 5.32 Å². The lowest BCUT2D eigenvalue weighted by Gasteiger charge is -2.44. The Kier molecular flexibility index (Phi) is 17.1. The van der Waals surface area contributed by atoms with Gasteiger partial charge in [-0.25, -0.2) is 14.0 Å². The maximum Gasteiger partial charge on any atom is 0.410 e. The number of hydrogen-bond acceptors (Lipinski definition) is 15. The Morgan fingerprint density at radius 1 is 1.07 bits per heavy atom. The van der Waals surface area contributed by atoms with E-state index in [1.165, 1.54) is 14.0 Å². The van der Waals surface area contributed by atoms with Gasteiger partial charge in [-0.15, -0.1) is 10.2 Å². The zero-order valence-electron chi connectivity index (χ0n) is 37.6. The van der Waals surface area contributed by atoms with Gasteiger partial charge in [0, 0.05) is 51.0 Å². The Labute approximate surface area is 354 Å². The predicted molar refractivity (Wildman–Crippen MR) is 220 cm³/mol. The normalized spacial score (nSPS) is 32.5. The van der Waals surface area contributed by atoms with Gasteiger partial charge in [0.05, 0.1) is 23.9 Å². The van der Waals surface area contributed by atoms with Crippen molar-refractivity contribution < 1.29 is 47.6 Å². The third kappa shape index (κ3) is 10.8. The minimum atomic E-state index is -3.14. The van der Waals surface area contributed by atoms with Crippen molar-refractivity contribution in [2.45, 2.75) is 161 Å². The van der Waals surface area contributed by atoms with Crippen LogP contribution in [0.2, 0.25) is 0 Å². The molecule has 2 saturated heterocycles. The van der Waals surface area contributed by atoms with Crippen LogP contribution in [-0.4, -0.2) is 158 Å². The topological polar surface area (TPSA) is 193 Å². The number of nitrogens with one attached hydrogen (secondary N) is 1. The van der Waals surface area contributed by atoms with E-state index < -0.39 is 77.3 Å². The molecule has 1 amide bonds. The number of carbonyl (C=O) groups excluding carboxylic acids is 3. The fourth-order valence-electron chi connectivity index (χ4n) is 9.00. The molecular weight excluding hydrogens is 780 g/mol. The standard InChI is InChI=1S/C42H69FN8O9/c1-13-31(49(10)11)33(52)37(57-15-3)59-36-27(5)35(53)41(8,43)38(54)58-32(14-2)42(9)34(28(6)44-24-26(4)23-40(36,7)56-12)51(39(55)60-42)22-17-16-21-50-25-30(47-48-50)29-19-18-20-45-46-29/h18-20,25-28,31-34,36-37,44,52H,13-17,21-24H2,1-12H3/t26-,27+,28-,31?,32-,33?,34-,36-,37+,40-,41?,42-/m1/s1. The number of ether oxygens (including phenoxy) is 5. The molecule has 2 aliphatic rings. The van der Waals surface area contributed by atoms with Crippen molar-refractivity contribution in [3.05, 3.63) is 24.5 Å². The molecule has 338 valence electrons. The van der Waals surface area contributed by atoms with E-state index in [1.807, 2.05) is 39.8 Å². The molecule has 4 rings (SSSR count). The zero-order chi connectivity index (χ0) is 44.6. The minimum absolute atomic E-state index is 0.125. The lowest BCUT2D eigenvalue weighted by atomic mass is 9.78. The summed E-state index contributed by atoms with van der Waals surface area (Å²) in [5.41, 5.74) is -4.60. The number of aromatic nitrogens is 5. The van der Waals surface area contributed by atoms with Gasteiger partial charge in [0.1, 0.15) is 23.6 Å². The quantitative estimate of drug-likeness (QED) is 0.106. The number of aliphatic hydroxyl groups excluding tert-OH is 1. The number of Topliss-reactive ketones (excluding diaryl/α,β-unsaturated/α-hetero) is 1. The van der Waals surface area contributed by atoms with Crippen molar-refractivity contribution in [1.82, 2.24) is 40.3 Å². The highest BCUT2D eigenvalue weighted by molar-refractivity contribution is 6.07. The molecule has 2 aromatic heterocycles. The van der Waals surface area contributed by atoms with Crippen molar-refractivity contribution in [1.29, 1.82) is 0 Å². The molecule has 60 heavy (non-hydrogen) atoms. The van der Waals surface area contributed by atoms with E-state index in [-0.39, 0.29) is 25.0 Å². The van der Waals surface area contributed by atoms with E-state index in [0.29, 0.717) is 56.7 Å². The van der Waals surface area contributed by atoms with Crippen LogP contribution in [0.3, 0.4) is 0 Å². The van der Waals surface area contributed by atoms with Crippen LogP contribution in [0.25, 0.3) is 11.4 Å². The number of esters is 1. The third-order valence-electron chi connectivity index (χ3n) is 12.3. The number of alkyl halides is 1. The van der Waals surface area contributed by atoms with E-state index in [4.69, 9.17) is 23.7 Å². The largest absolute Gasteiger partial charge is 0.455 e. The van der Waals surface area contributed by atoms with Gasteiger partial charge in [-0.3, -0.25) is 14.4 Å². The molecule has 0 spiro atoms. The molecule has 12 atom stereocenters. The number of rotatable bonds is 16. The first kappa shape index (κ1) is 49.0. The van der Waals surface area contributed by atoms with Gasteiger partial charge in [-0.05, 0) is 105 Å². The summed E-state index contributed by atoms with van der Waals surface area (Å²) in [6.45, 7) is 16.7. The van der Waals surface area contributed by atoms with Crippen LogP contribution in [0.4, 0.5) is 9.18 Å². The summed E-state index contributed by atoms with van der Waals surface area (Å²) in [4.78, 5) is 45.6. The van der Waals surface area contributed by atoms with Crippen molar-refractivity contribution in [2.24, 2.45) is 11.8 Å². The number of hydrogen-bond donors (Lipinski definition) is 2. The molecular formula is C42H69FN8O9. The minimum Gasteiger partial charge on any atom is -0.455 e. The molecule has 4 heterocycles. The second-order valence-corrected chi connectivity index (χ2v) is 17.2. The van der Waals surface area contributed by atoms with Gasteiger partial charge in [0.15, 0.2) is 17.7 Å². The Hall–Kier alpha value is -3.68. The predicted octanol–water partition coefficient (Wildman–Crippen LogP) is 4.22. The number of halogens is 1. The fraction of sp³-hybridized carbons (Fsp3) is 0.786. The molecule has 0 aliphatic carbocycles. The van der Waals surface area contributed by atoms with Crippen LogP contribution in [0.5, 0.6) is 0 Å². The van der Waals surface area contributed by atoms with Crippen LogP contribution in [0, 0.1) is 11.8 Å². The molecule has 2 fully saturated rings. The number of cyclic esters (lactones) is 1. The first-order valence-corrected chi connectivity index (χ1v) is 21.3. The number of nitrogens with zero attached hydrogens (tertiary/aromatic N) is 7. The summed E-state index contributed by atoms with van der Waals surface area (Å²) in [6, 6.07) is 2.15. The lowest BCUT2D eigenvalue weighted by molar-refractivity contribution is -0.266. The molecule has 3 unspecified atom stereocenters. The smallest absolute Gasteiger partial charge is 0.410 e. The average Bonchev–Trinajstić information content (AvgIpc) is 3.79. The third-order valence-corrected chi connectivity index (χ3v) is 12.3. The number of aliphatic hydroxyl groups is 1. The summed E-state index contributed by atoms with van der Waals surface area (Å²) in [5.74, 6) is -3.90. The summed E-state index contributed by atoms with van der Waals surface area (Å²) in [5, 5.41) is 31.6. The number of methoxy groups -OCH3 is 1. The number of amides is 1. The van der Waals surface area contributed by atoms with Gasteiger partial charge < -0.3 is 39.0 Å². The highest BCUT2D eigenvalue weighted by atomic mass is 19.1. The van der Waals surface area contributed by atoms with Crippen molar-refractivity contribution in [3.8, 4) is 11.4 Å². The second kappa shape index (κ2) is 20.9. The van der Waals surface area contributed by atoms with E-state index in [1.54, 1.807) is 61.8 Å². The number of carbonyl (C=O) groups is 3. The molecule has 17 nitrogen and oxygen atoms in total. The van der Waals surface area contributed by atoms with E-state index >= 15 is 4.39 Å². The van der Waals surface area contributed by atoms with Crippen LogP contribution in [0.1, 0.15) is 94.4 Å². The Morgan fingerprint density at radius 3 is 2.37 bits per heavy atom. The van der Waals surface area contributed by atoms with Crippen LogP contribution >= 0.6 is 0 Å². The zero-order valence-corrected chi connectivity index (χ0v) is 37.6. The highest BCUT2D eigenvalue weighted by Crippen LogP contribution is 2.40. The van der Waals surface area contributed by atoms with E-state index in [0.717, 1.165) is 6.92 Å². The molecule has 2 aliphatic heterocycles. The fourth-order valence-corrected chi connectivity index (χ4v) is 9.00. The summed E-state index contributed by atoms with van der Waals surface area (Å²) in [6.07, 6.45) is 0.405. The van der Waals surface area contributed by atoms with Gasteiger partial charge >= 0.3 is 12.1 Å². The SMILES string of the molecule is CCO[C@@H](O[C@@H]1[C@@H](C)C(=O)C(C)(F)C(=O)O[C@H](CC)[C@@]2(C)OC(=O)N(CCCCn3cc(-c4cccnn4)nn3)[C@@H]2[C@@H](C)NC[C@H](C)C[C@@]1(C)OC)C(O)C(CC)N(C)C. The van der Waals surface area contributed by atoms with Crippen LogP contribution in [0.15, 0.2) is 24.5 Å². The molecule has 0 aromatic carbocycles. The maximum atomic E-state index is 17.0. The van der Waals surface area contributed by atoms with Crippen molar-refractivity contribution in [3.63, 3.8) is 0 Å². The molecule has 0 radical (unpaired) electrons. The lowest BCUT2D eigenvalue weighted by Crippen LogP contribution is -2.61. The Bertz CT molecular complexity index is 1700. The summed E-state index contributed by atoms with van der Waals surface area (Å²) in [7, 11) is 5.16. The number of fused-ring (bicyclic) bond motifs is 1. The second-order valence-electron chi connectivity index (χ2n) is 17.2. The summed E-state index contributed by atoms with van der Waals surface area (Å²) < 4.78 is 49.4. The maximum absolute atomic E-state index is 17.0. The average molecular weight is 849 g/mol. The molecule has 0 bridgehead atoms. The Balaban J connectivity index is 1.65. The van der Waals surface area contributed by atoms with E-state index in [2.05, 4.69) is 25.8 Å². The summed E-state index contributed by atoms with van der Waals surface area (Å²) >= 11 is 0. The first-order valence-electron chi connectivity index (χ1n) is 21.3. The van der Waals surface area contributed by atoms with Gasteiger partial charge in [-0.2, -0.15) is 5.10 Å². The van der Waals surface area contributed by atoms with Crippen molar-refractivity contribution in [2.75, 3.05) is 40.9 Å². The monoisotopic (exact) mass is 849 g/mol.